The number of nitrogens with zero attached hydrogens (tertiary/aromatic N) is 3. The summed E-state index contributed by atoms with van der Waals surface area (Å²) >= 11 is 13.3. The summed E-state index contributed by atoms with van der Waals surface area (Å²) in [7, 11) is 2.92. The third kappa shape index (κ3) is 6.38. The lowest BCUT2D eigenvalue weighted by Crippen LogP contribution is -2.39. The lowest BCUT2D eigenvalue weighted by Gasteiger charge is -2.32. The Balaban J connectivity index is 1.57. The van der Waals surface area contributed by atoms with Crippen LogP contribution in [0.4, 0.5) is 20.4 Å². The van der Waals surface area contributed by atoms with Gasteiger partial charge in [-0.15, -0.1) is 0 Å². The van der Waals surface area contributed by atoms with Crippen molar-refractivity contribution in [3.63, 3.8) is 0 Å². The van der Waals surface area contributed by atoms with Crippen LogP contribution < -0.4 is 20.1 Å². The van der Waals surface area contributed by atoms with E-state index in [9.17, 15) is 13.6 Å². The first-order valence-corrected chi connectivity index (χ1v) is 14.3. The number of ketones is 1. The van der Waals surface area contributed by atoms with Crippen LogP contribution in [0.15, 0.2) is 31.0 Å². The number of benzene rings is 1. The number of pyridine rings is 1. The Bertz CT molecular complexity index is 1480. The Labute approximate surface area is 252 Å². The molecular weight excluding hydrogens is 591 g/mol. The van der Waals surface area contributed by atoms with Crippen molar-refractivity contribution >= 4 is 51.5 Å². The lowest BCUT2D eigenvalue weighted by atomic mass is 9.89. The summed E-state index contributed by atoms with van der Waals surface area (Å²) in [5.74, 6) is -1.17. The number of aromatic nitrogens is 3. The number of methoxy groups -OCH3 is 2. The van der Waals surface area contributed by atoms with Gasteiger partial charge in [0.1, 0.15) is 23.1 Å². The van der Waals surface area contributed by atoms with Crippen molar-refractivity contribution in [3.8, 4) is 22.9 Å². The molecule has 1 unspecified atom stereocenters. The number of carbonyl (C=O) groups is 1. The van der Waals surface area contributed by atoms with Gasteiger partial charge in [-0.3, -0.25) is 4.79 Å². The largest absolute Gasteiger partial charge is 0.495 e. The fourth-order valence-electron chi connectivity index (χ4n) is 5.40. The van der Waals surface area contributed by atoms with E-state index < -0.39 is 12.0 Å². The molecule has 13 heteroatoms. The Kier molecular flexibility index (Phi) is 9.00. The Hall–Kier alpha value is -3.28. The van der Waals surface area contributed by atoms with Crippen LogP contribution in [0.3, 0.4) is 0 Å². The predicted octanol–water partition coefficient (Wildman–Crippen LogP) is 6.58. The molecular formula is C29H31Cl2F2N5O4. The summed E-state index contributed by atoms with van der Waals surface area (Å²) in [5.41, 5.74) is 0.706. The van der Waals surface area contributed by atoms with Crippen LogP contribution in [-0.2, 0) is 9.53 Å². The number of alkyl halides is 2. The van der Waals surface area contributed by atoms with Crippen LogP contribution in [0, 0.1) is 5.92 Å². The molecule has 2 N–H and O–H groups in total. The van der Waals surface area contributed by atoms with Crippen molar-refractivity contribution in [2.75, 3.05) is 38.1 Å². The highest BCUT2D eigenvalue weighted by Gasteiger charge is 2.40. The summed E-state index contributed by atoms with van der Waals surface area (Å²) in [6, 6.07) is 2.63. The van der Waals surface area contributed by atoms with Gasteiger partial charge in [0, 0.05) is 43.4 Å². The van der Waals surface area contributed by atoms with Gasteiger partial charge in [-0.1, -0.05) is 29.8 Å². The first-order chi connectivity index (χ1) is 20.1. The van der Waals surface area contributed by atoms with Crippen molar-refractivity contribution in [2.24, 2.45) is 5.92 Å². The van der Waals surface area contributed by atoms with Crippen molar-refractivity contribution < 1.29 is 27.8 Å². The normalized spacial score (nSPS) is 21.6. The van der Waals surface area contributed by atoms with Crippen LogP contribution >= 0.6 is 23.2 Å². The van der Waals surface area contributed by atoms with Crippen LogP contribution in [0.5, 0.6) is 11.5 Å². The van der Waals surface area contributed by atoms with Gasteiger partial charge >= 0.3 is 0 Å². The van der Waals surface area contributed by atoms with Crippen LogP contribution in [0.25, 0.3) is 22.3 Å². The zero-order valence-electron chi connectivity index (χ0n) is 23.2. The second-order valence-corrected chi connectivity index (χ2v) is 11.2. The van der Waals surface area contributed by atoms with Gasteiger partial charge in [-0.25, -0.2) is 23.7 Å². The highest BCUT2D eigenvalue weighted by atomic mass is 35.5. The van der Waals surface area contributed by atoms with E-state index >= 15 is 0 Å². The Morgan fingerprint density at radius 3 is 2.55 bits per heavy atom. The highest BCUT2D eigenvalue weighted by molar-refractivity contribution is 6.41. The molecule has 9 nitrogen and oxygen atoms in total. The maximum atomic E-state index is 14.1. The molecule has 3 aromatic rings. The van der Waals surface area contributed by atoms with Crippen LogP contribution in [0.2, 0.25) is 10.0 Å². The summed E-state index contributed by atoms with van der Waals surface area (Å²) < 4.78 is 44.7. The third-order valence-electron chi connectivity index (χ3n) is 7.65. The molecule has 2 aromatic heterocycles. The zero-order valence-corrected chi connectivity index (χ0v) is 24.7. The molecule has 1 aliphatic heterocycles. The minimum absolute atomic E-state index is 0.0333. The maximum absolute atomic E-state index is 14.1. The number of fused-ring (bicyclic) bond motifs is 1. The van der Waals surface area contributed by atoms with E-state index in [1.54, 1.807) is 18.3 Å². The SMILES string of the molecule is C=CC(=O)C[C@H]1CCOC[C@H]1Nc1cc2c(NC3CCC(F)(F)C3)nc(-c3c(Cl)c(OC)cc(OC)c3Cl)nc2cn1. The van der Waals surface area contributed by atoms with E-state index in [1.807, 2.05) is 0 Å². The standard InChI is InChI=1S/C29H31Cl2F2N5O4/c1-4-17(39)9-15-6-8-42-14-20(15)36-23-10-18-19(13-34-23)37-28(38-27(18)35-16-5-7-29(32,33)12-16)24-25(30)21(40-2)11-22(41-3)26(24)31/h4,10-11,13,15-16,20H,1,5-9,12,14H2,2-3H3,(H,34,36)(H,35,37,38)/t15-,16?,20-/m1/s1. The van der Waals surface area contributed by atoms with E-state index in [-0.39, 0.29) is 58.4 Å². The molecule has 42 heavy (non-hydrogen) atoms. The van der Waals surface area contributed by atoms with Gasteiger partial charge in [0.15, 0.2) is 11.6 Å². The van der Waals surface area contributed by atoms with E-state index in [0.717, 1.165) is 0 Å². The number of halogens is 4. The van der Waals surface area contributed by atoms with Crippen molar-refractivity contribution in [1.29, 1.82) is 0 Å². The Morgan fingerprint density at radius 2 is 1.90 bits per heavy atom. The second-order valence-electron chi connectivity index (χ2n) is 10.5. The van der Waals surface area contributed by atoms with Gasteiger partial charge in [0.05, 0.1) is 54.2 Å². The molecule has 224 valence electrons. The molecule has 0 radical (unpaired) electrons. The summed E-state index contributed by atoms with van der Waals surface area (Å²) in [5, 5.41) is 7.48. The predicted molar refractivity (Wildman–Crippen MR) is 158 cm³/mol. The first-order valence-electron chi connectivity index (χ1n) is 13.5. The van der Waals surface area contributed by atoms with Gasteiger partial charge in [0.2, 0.25) is 5.92 Å². The van der Waals surface area contributed by atoms with E-state index in [4.69, 9.17) is 42.4 Å². The summed E-state index contributed by atoms with van der Waals surface area (Å²) in [6.45, 7) is 4.55. The van der Waals surface area contributed by atoms with Crippen molar-refractivity contribution in [1.82, 2.24) is 15.0 Å². The minimum atomic E-state index is -2.76. The zero-order chi connectivity index (χ0) is 30.0. The third-order valence-corrected chi connectivity index (χ3v) is 8.40. The maximum Gasteiger partial charge on any atom is 0.250 e. The van der Waals surface area contributed by atoms with E-state index in [0.29, 0.717) is 60.1 Å². The number of carbonyl (C=O) groups excluding carboxylic acids is 1. The van der Waals surface area contributed by atoms with Crippen molar-refractivity contribution in [3.05, 3.63) is 41.0 Å². The molecule has 0 bridgehead atoms. The molecule has 1 saturated carbocycles. The molecule has 3 heterocycles. The quantitative estimate of drug-likeness (QED) is 0.243. The lowest BCUT2D eigenvalue weighted by molar-refractivity contribution is -0.116. The van der Waals surface area contributed by atoms with E-state index in [1.165, 1.54) is 20.3 Å². The molecule has 5 rings (SSSR count). The topological polar surface area (TPSA) is 107 Å². The number of hydrogen-bond acceptors (Lipinski definition) is 9. The number of ether oxygens (including phenoxy) is 3. The average molecular weight is 623 g/mol. The highest BCUT2D eigenvalue weighted by Crippen LogP contribution is 2.46. The molecule has 1 aromatic carbocycles. The number of hydrogen-bond donors (Lipinski definition) is 2. The van der Waals surface area contributed by atoms with Crippen LogP contribution in [-0.4, -0.2) is 66.2 Å². The monoisotopic (exact) mass is 621 g/mol. The molecule has 2 fully saturated rings. The number of allylic oxidation sites excluding steroid dienone is 1. The first kappa shape index (κ1) is 30.2. The van der Waals surface area contributed by atoms with Gasteiger partial charge in [-0.2, -0.15) is 0 Å². The fourth-order valence-corrected chi connectivity index (χ4v) is 6.07. The molecule has 1 saturated heterocycles. The molecule has 1 aliphatic carbocycles. The molecule has 2 aliphatic rings. The molecule has 3 atom stereocenters. The summed E-state index contributed by atoms with van der Waals surface area (Å²) in [4.78, 5) is 26.0. The van der Waals surface area contributed by atoms with Gasteiger partial charge in [0.25, 0.3) is 0 Å². The van der Waals surface area contributed by atoms with Crippen molar-refractivity contribution in [2.45, 2.75) is 50.1 Å². The van der Waals surface area contributed by atoms with Gasteiger partial charge in [-0.05, 0) is 30.9 Å². The van der Waals surface area contributed by atoms with Crippen LogP contribution in [0.1, 0.15) is 32.1 Å². The minimum Gasteiger partial charge on any atom is -0.495 e. The Morgan fingerprint density at radius 1 is 1.17 bits per heavy atom. The smallest absolute Gasteiger partial charge is 0.250 e. The second kappa shape index (κ2) is 12.5. The number of rotatable bonds is 10. The fraction of sp³-hybridized carbons (Fsp3) is 0.448. The summed E-state index contributed by atoms with van der Waals surface area (Å²) in [6.07, 6.45) is 3.69. The average Bonchev–Trinajstić information content (AvgIpc) is 3.32. The van der Waals surface area contributed by atoms with E-state index in [2.05, 4.69) is 27.2 Å². The number of nitrogens with one attached hydrogen (secondary N) is 2. The number of anilines is 2. The van der Waals surface area contributed by atoms with Gasteiger partial charge < -0.3 is 24.8 Å². The molecule has 0 spiro atoms. The molecule has 0 amide bonds.